The molecule has 0 aliphatic carbocycles. The molecule has 0 atom stereocenters. The number of aryl methyl sites for hydroxylation is 1. The second-order valence-electron chi connectivity index (χ2n) is 5.21. The molecule has 1 amide bonds. The Bertz CT molecular complexity index is 833. The third-order valence-electron chi connectivity index (χ3n) is 3.42. The summed E-state index contributed by atoms with van der Waals surface area (Å²) in [6.45, 7) is 2.38. The number of halogens is 1. The fourth-order valence-corrected chi connectivity index (χ4v) is 3.15. The Balaban J connectivity index is 1.63. The van der Waals surface area contributed by atoms with Crippen LogP contribution in [0.5, 0.6) is 5.75 Å². The van der Waals surface area contributed by atoms with E-state index in [1.165, 1.54) is 11.3 Å². The van der Waals surface area contributed by atoms with Gasteiger partial charge < -0.3 is 10.1 Å². The molecule has 2 aromatic carbocycles. The lowest BCUT2D eigenvalue weighted by atomic mass is 10.1. The maximum absolute atomic E-state index is 12.3. The number of carbonyl (C=O) groups is 1. The van der Waals surface area contributed by atoms with Crippen LogP contribution in [-0.4, -0.2) is 10.9 Å². The summed E-state index contributed by atoms with van der Waals surface area (Å²) in [5, 5.41) is 4.87. The maximum Gasteiger partial charge on any atom is 0.255 e. The zero-order valence-corrected chi connectivity index (χ0v) is 15.4. The SMILES string of the molecule is Cc1cc(Br)ccc1NC(=O)c1ccc(OCc2cscn2)cc1. The number of ether oxygens (including phenoxy) is 1. The number of thiazole rings is 1. The number of amides is 1. The summed E-state index contributed by atoms with van der Waals surface area (Å²) in [6.07, 6.45) is 0. The first kappa shape index (κ1) is 16.7. The van der Waals surface area contributed by atoms with E-state index >= 15 is 0 Å². The molecule has 3 aromatic rings. The van der Waals surface area contributed by atoms with Crippen LogP contribution < -0.4 is 10.1 Å². The molecule has 0 saturated carbocycles. The van der Waals surface area contributed by atoms with Crippen LogP contribution in [0.1, 0.15) is 21.6 Å². The molecule has 0 aliphatic rings. The molecule has 0 aliphatic heterocycles. The van der Waals surface area contributed by atoms with Crippen molar-refractivity contribution in [3.05, 3.63) is 74.6 Å². The van der Waals surface area contributed by atoms with Gasteiger partial charge in [0.25, 0.3) is 5.91 Å². The van der Waals surface area contributed by atoms with E-state index in [0.717, 1.165) is 21.4 Å². The summed E-state index contributed by atoms with van der Waals surface area (Å²) in [7, 11) is 0. The van der Waals surface area contributed by atoms with Crippen molar-refractivity contribution in [2.45, 2.75) is 13.5 Å². The first-order valence-electron chi connectivity index (χ1n) is 7.29. The number of hydrogen-bond donors (Lipinski definition) is 1. The number of anilines is 1. The van der Waals surface area contributed by atoms with Crippen LogP contribution in [0.15, 0.2) is 57.8 Å². The number of nitrogens with zero attached hydrogens (tertiary/aromatic N) is 1. The van der Waals surface area contributed by atoms with Crippen molar-refractivity contribution in [3.8, 4) is 5.75 Å². The van der Waals surface area contributed by atoms with E-state index < -0.39 is 0 Å². The van der Waals surface area contributed by atoms with Crippen molar-refractivity contribution in [1.29, 1.82) is 0 Å². The quantitative estimate of drug-likeness (QED) is 0.649. The van der Waals surface area contributed by atoms with Crippen LogP contribution in [0.2, 0.25) is 0 Å². The maximum atomic E-state index is 12.3. The first-order chi connectivity index (χ1) is 11.6. The molecule has 6 heteroatoms. The average molecular weight is 403 g/mol. The van der Waals surface area contributed by atoms with Gasteiger partial charge in [-0.2, -0.15) is 0 Å². The van der Waals surface area contributed by atoms with Crippen molar-refractivity contribution >= 4 is 38.9 Å². The molecule has 122 valence electrons. The molecular weight excluding hydrogens is 388 g/mol. The molecule has 0 saturated heterocycles. The number of rotatable bonds is 5. The number of benzene rings is 2. The largest absolute Gasteiger partial charge is 0.487 e. The van der Waals surface area contributed by atoms with Gasteiger partial charge in [-0.25, -0.2) is 4.98 Å². The zero-order valence-electron chi connectivity index (χ0n) is 13.0. The topological polar surface area (TPSA) is 51.2 Å². The highest BCUT2D eigenvalue weighted by Crippen LogP contribution is 2.21. The second-order valence-corrected chi connectivity index (χ2v) is 6.84. The minimum Gasteiger partial charge on any atom is -0.487 e. The lowest BCUT2D eigenvalue weighted by molar-refractivity contribution is 0.102. The molecule has 0 radical (unpaired) electrons. The van der Waals surface area contributed by atoms with Gasteiger partial charge in [0.2, 0.25) is 0 Å². The van der Waals surface area contributed by atoms with Crippen LogP contribution in [-0.2, 0) is 6.61 Å². The standard InChI is InChI=1S/C18H15BrN2O2S/c1-12-8-14(19)4-7-17(12)21-18(22)13-2-5-16(6-3-13)23-9-15-10-24-11-20-15/h2-8,10-11H,9H2,1H3,(H,21,22). The highest BCUT2D eigenvalue weighted by atomic mass is 79.9. The lowest BCUT2D eigenvalue weighted by Crippen LogP contribution is -2.12. The normalized spacial score (nSPS) is 10.4. The summed E-state index contributed by atoms with van der Waals surface area (Å²) in [5.74, 6) is 0.561. The van der Waals surface area contributed by atoms with Gasteiger partial charge in [-0.1, -0.05) is 15.9 Å². The molecule has 1 N–H and O–H groups in total. The van der Waals surface area contributed by atoms with E-state index in [1.54, 1.807) is 29.8 Å². The summed E-state index contributed by atoms with van der Waals surface area (Å²) in [5.41, 5.74) is 5.05. The Kier molecular flexibility index (Phi) is 5.27. The Hall–Kier alpha value is -2.18. The Morgan fingerprint density at radius 1 is 1.25 bits per heavy atom. The molecular formula is C18H15BrN2O2S. The van der Waals surface area contributed by atoms with Crippen molar-refractivity contribution < 1.29 is 9.53 Å². The monoisotopic (exact) mass is 402 g/mol. The highest BCUT2D eigenvalue weighted by molar-refractivity contribution is 9.10. The van der Waals surface area contributed by atoms with Gasteiger partial charge in [0, 0.05) is 21.1 Å². The Morgan fingerprint density at radius 3 is 2.71 bits per heavy atom. The molecule has 4 nitrogen and oxygen atoms in total. The van der Waals surface area contributed by atoms with Crippen LogP contribution in [0, 0.1) is 6.92 Å². The van der Waals surface area contributed by atoms with E-state index in [1.807, 2.05) is 30.5 Å². The number of aromatic nitrogens is 1. The molecule has 1 heterocycles. The highest BCUT2D eigenvalue weighted by Gasteiger charge is 2.08. The number of carbonyl (C=O) groups excluding carboxylic acids is 1. The van der Waals surface area contributed by atoms with Crippen molar-refractivity contribution in [1.82, 2.24) is 4.98 Å². The van der Waals surface area contributed by atoms with Gasteiger partial charge in [-0.3, -0.25) is 4.79 Å². The predicted molar refractivity (Wildman–Crippen MR) is 99.7 cm³/mol. The number of nitrogens with one attached hydrogen (secondary N) is 1. The molecule has 0 unspecified atom stereocenters. The smallest absolute Gasteiger partial charge is 0.255 e. The third kappa shape index (κ3) is 4.21. The molecule has 0 spiro atoms. The molecule has 3 rings (SSSR count). The lowest BCUT2D eigenvalue weighted by Gasteiger charge is -2.09. The average Bonchev–Trinajstić information content (AvgIpc) is 3.09. The van der Waals surface area contributed by atoms with Gasteiger partial charge in [0.1, 0.15) is 12.4 Å². The minimum absolute atomic E-state index is 0.147. The van der Waals surface area contributed by atoms with E-state index in [9.17, 15) is 4.79 Å². The third-order valence-corrected chi connectivity index (χ3v) is 4.55. The minimum atomic E-state index is -0.147. The summed E-state index contributed by atoms with van der Waals surface area (Å²) in [4.78, 5) is 16.5. The predicted octanol–water partition coefficient (Wildman–Crippen LogP) is 5.05. The van der Waals surface area contributed by atoms with Gasteiger partial charge in [-0.05, 0) is 55.0 Å². The van der Waals surface area contributed by atoms with Crippen LogP contribution in [0.25, 0.3) is 0 Å². The first-order valence-corrected chi connectivity index (χ1v) is 9.03. The molecule has 0 fully saturated rings. The van der Waals surface area contributed by atoms with Gasteiger partial charge in [0.15, 0.2) is 0 Å². The second kappa shape index (κ2) is 7.59. The summed E-state index contributed by atoms with van der Waals surface area (Å²) in [6, 6.07) is 12.8. The van der Waals surface area contributed by atoms with E-state index in [0.29, 0.717) is 17.9 Å². The summed E-state index contributed by atoms with van der Waals surface area (Å²) >= 11 is 4.95. The zero-order chi connectivity index (χ0) is 16.9. The van der Waals surface area contributed by atoms with Gasteiger partial charge >= 0.3 is 0 Å². The van der Waals surface area contributed by atoms with Crippen molar-refractivity contribution in [3.63, 3.8) is 0 Å². The van der Waals surface area contributed by atoms with Crippen molar-refractivity contribution in [2.75, 3.05) is 5.32 Å². The fraction of sp³-hybridized carbons (Fsp3) is 0.111. The van der Waals surface area contributed by atoms with Crippen LogP contribution in [0.4, 0.5) is 5.69 Å². The molecule has 24 heavy (non-hydrogen) atoms. The summed E-state index contributed by atoms with van der Waals surface area (Å²) < 4.78 is 6.63. The Labute approximate surface area is 152 Å². The Morgan fingerprint density at radius 2 is 2.04 bits per heavy atom. The van der Waals surface area contributed by atoms with E-state index in [4.69, 9.17) is 4.74 Å². The molecule has 0 bridgehead atoms. The van der Waals surface area contributed by atoms with Crippen LogP contribution in [0.3, 0.4) is 0 Å². The van der Waals surface area contributed by atoms with Crippen molar-refractivity contribution in [2.24, 2.45) is 0 Å². The van der Waals surface area contributed by atoms with Gasteiger partial charge in [0.05, 0.1) is 11.2 Å². The molecule has 1 aromatic heterocycles. The van der Waals surface area contributed by atoms with E-state index in [2.05, 4.69) is 26.2 Å². The number of hydrogen-bond acceptors (Lipinski definition) is 4. The van der Waals surface area contributed by atoms with Gasteiger partial charge in [-0.15, -0.1) is 11.3 Å². The van der Waals surface area contributed by atoms with E-state index in [-0.39, 0.29) is 5.91 Å². The van der Waals surface area contributed by atoms with Crippen LogP contribution >= 0.6 is 27.3 Å². The fourth-order valence-electron chi connectivity index (χ4n) is 2.13.